The molecule has 0 spiro atoms. The van der Waals surface area contributed by atoms with E-state index in [1.165, 1.54) is 5.56 Å². The van der Waals surface area contributed by atoms with Crippen molar-refractivity contribution in [3.8, 4) is 0 Å². The van der Waals surface area contributed by atoms with Gasteiger partial charge >= 0.3 is 6.03 Å². The number of amides is 4. The van der Waals surface area contributed by atoms with Crippen LogP contribution in [0, 0.1) is 5.92 Å². The van der Waals surface area contributed by atoms with Gasteiger partial charge < -0.3 is 20.0 Å². The molecule has 4 amide bonds. The minimum Gasteiger partial charge on any atom is -0.337 e. The number of piperazine rings is 1. The third-order valence-electron chi connectivity index (χ3n) is 7.56. The summed E-state index contributed by atoms with van der Waals surface area (Å²) in [5.74, 6) is 0.137. The number of benzene rings is 2. The molecule has 4 rings (SSSR count). The molecule has 1 unspecified atom stereocenters. The normalized spacial score (nSPS) is 22.3. The van der Waals surface area contributed by atoms with Gasteiger partial charge in [-0.2, -0.15) is 0 Å². The summed E-state index contributed by atoms with van der Waals surface area (Å²) in [6.45, 7) is 6.03. The number of hydrogen-bond donors (Lipinski definition) is 1. The van der Waals surface area contributed by atoms with E-state index in [4.69, 9.17) is 0 Å². The first-order chi connectivity index (χ1) is 18.0. The van der Waals surface area contributed by atoms with Gasteiger partial charge in [0.05, 0.1) is 6.54 Å². The van der Waals surface area contributed by atoms with Gasteiger partial charge in [-0.3, -0.25) is 9.59 Å². The number of urea groups is 1. The first-order valence-corrected chi connectivity index (χ1v) is 13.7. The van der Waals surface area contributed by atoms with Crippen molar-refractivity contribution < 1.29 is 14.4 Å². The standard InChI is InChI=1S/C30H40N4O3/c1-3-4-15-26-29(36)32(18-17-24-11-7-5-8-12-24)22-27-33(19-16-23(2)20-28(35)34(26)27)30(37)31-21-25-13-9-6-10-14-25/h5-14,23,26-27H,3-4,15-22H2,1-2H3,(H,31,37)/t23?,26-,27+/m0/s1. The van der Waals surface area contributed by atoms with Crippen LogP contribution in [0.3, 0.4) is 0 Å². The zero-order valence-corrected chi connectivity index (χ0v) is 22.1. The van der Waals surface area contributed by atoms with Crippen molar-refractivity contribution in [2.75, 3.05) is 19.6 Å². The first kappa shape index (κ1) is 26.7. The highest BCUT2D eigenvalue weighted by atomic mass is 16.2. The number of rotatable bonds is 8. The van der Waals surface area contributed by atoms with Crippen LogP contribution in [0.5, 0.6) is 0 Å². The van der Waals surface area contributed by atoms with E-state index in [1.807, 2.05) is 53.4 Å². The van der Waals surface area contributed by atoms with Gasteiger partial charge in [-0.15, -0.1) is 0 Å². The van der Waals surface area contributed by atoms with Crippen LogP contribution in [-0.2, 0) is 22.6 Å². The molecule has 3 atom stereocenters. The maximum Gasteiger partial charge on any atom is 0.319 e. The van der Waals surface area contributed by atoms with E-state index < -0.39 is 12.2 Å². The number of unbranched alkanes of at least 4 members (excludes halogenated alkanes) is 1. The zero-order valence-electron chi connectivity index (χ0n) is 22.1. The van der Waals surface area contributed by atoms with Gasteiger partial charge in [-0.05, 0) is 36.3 Å². The quantitative estimate of drug-likeness (QED) is 0.578. The molecule has 2 saturated heterocycles. The lowest BCUT2D eigenvalue weighted by Crippen LogP contribution is -2.70. The molecule has 1 N–H and O–H groups in total. The van der Waals surface area contributed by atoms with Crippen LogP contribution in [0.15, 0.2) is 60.7 Å². The number of nitrogens with one attached hydrogen (secondary N) is 1. The zero-order chi connectivity index (χ0) is 26.2. The van der Waals surface area contributed by atoms with Crippen LogP contribution in [0.1, 0.15) is 57.1 Å². The van der Waals surface area contributed by atoms with E-state index in [0.29, 0.717) is 39.0 Å². The Morgan fingerprint density at radius 2 is 1.68 bits per heavy atom. The fourth-order valence-electron chi connectivity index (χ4n) is 5.40. The summed E-state index contributed by atoms with van der Waals surface area (Å²) in [7, 11) is 0. The van der Waals surface area contributed by atoms with Crippen molar-refractivity contribution in [3.05, 3.63) is 71.8 Å². The van der Waals surface area contributed by atoms with Gasteiger partial charge in [-0.25, -0.2) is 4.79 Å². The van der Waals surface area contributed by atoms with Gasteiger partial charge in [-0.1, -0.05) is 87.4 Å². The molecule has 0 aromatic heterocycles. The average molecular weight is 505 g/mol. The molecule has 2 aromatic rings. The Bertz CT molecular complexity index is 1050. The fraction of sp³-hybridized carbons (Fsp3) is 0.500. The van der Waals surface area contributed by atoms with Crippen molar-refractivity contribution in [2.45, 2.75) is 71.1 Å². The SMILES string of the molecule is CCCC[C@H]1C(=O)N(CCc2ccccc2)C[C@@H]2N(C(=O)NCc3ccccc3)CCC(C)CC(=O)N21. The molecule has 0 aliphatic carbocycles. The molecular formula is C30H40N4O3. The lowest BCUT2D eigenvalue weighted by molar-refractivity contribution is -0.164. The van der Waals surface area contributed by atoms with Gasteiger partial charge in [0.1, 0.15) is 12.2 Å². The Morgan fingerprint density at radius 3 is 2.35 bits per heavy atom. The average Bonchev–Trinajstić information content (AvgIpc) is 2.91. The second-order valence-corrected chi connectivity index (χ2v) is 10.4. The van der Waals surface area contributed by atoms with Crippen molar-refractivity contribution in [3.63, 3.8) is 0 Å². The summed E-state index contributed by atoms with van der Waals surface area (Å²) in [5, 5.41) is 3.07. The Hall–Kier alpha value is -3.35. The molecule has 198 valence electrons. The molecule has 2 aliphatic rings. The minimum absolute atomic E-state index is 0.00634. The monoisotopic (exact) mass is 504 g/mol. The van der Waals surface area contributed by atoms with Gasteiger partial charge in [0.25, 0.3) is 0 Å². The highest BCUT2D eigenvalue weighted by molar-refractivity contribution is 5.90. The third-order valence-corrected chi connectivity index (χ3v) is 7.56. The van der Waals surface area contributed by atoms with Crippen LogP contribution in [-0.4, -0.2) is 64.4 Å². The maximum absolute atomic E-state index is 13.7. The van der Waals surface area contributed by atoms with Crippen LogP contribution in [0.4, 0.5) is 4.79 Å². The molecule has 2 aromatic carbocycles. The Kier molecular flexibility index (Phi) is 9.20. The van der Waals surface area contributed by atoms with E-state index in [9.17, 15) is 14.4 Å². The van der Waals surface area contributed by atoms with Crippen LogP contribution < -0.4 is 5.32 Å². The van der Waals surface area contributed by atoms with Gasteiger partial charge in [0, 0.05) is 26.1 Å². The van der Waals surface area contributed by atoms with Crippen molar-refractivity contribution in [1.29, 1.82) is 0 Å². The lowest BCUT2D eigenvalue weighted by atomic mass is 9.95. The van der Waals surface area contributed by atoms with E-state index in [1.54, 1.807) is 9.80 Å². The summed E-state index contributed by atoms with van der Waals surface area (Å²) in [6, 6.07) is 19.2. The number of carbonyl (C=O) groups excluding carboxylic acids is 3. The minimum atomic E-state index is -0.531. The van der Waals surface area contributed by atoms with Crippen molar-refractivity contribution in [2.24, 2.45) is 5.92 Å². The number of nitrogens with zero attached hydrogens (tertiary/aromatic N) is 3. The van der Waals surface area contributed by atoms with Crippen LogP contribution in [0.25, 0.3) is 0 Å². The lowest BCUT2D eigenvalue weighted by Gasteiger charge is -2.51. The topological polar surface area (TPSA) is 73.0 Å². The summed E-state index contributed by atoms with van der Waals surface area (Å²) in [4.78, 5) is 46.3. The van der Waals surface area contributed by atoms with Crippen molar-refractivity contribution in [1.82, 2.24) is 20.0 Å². The highest BCUT2D eigenvalue weighted by Gasteiger charge is 2.46. The molecule has 0 bridgehead atoms. The Labute approximate surface area is 220 Å². The number of hydrogen-bond acceptors (Lipinski definition) is 3. The predicted octanol–water partition coefficient (Wildman–Crippen LogP) is 4.43. The third kappa shape index (κ3) is 6.70. The molecule has 2 fully saturated rings. The molecule has 37 heavy (non-hydrogen) atoms. The van der Waals surface area contributed by atoms with Crippen LogP contribution >= 0.6 is 0 Å². The summed E-state index contributed by atoms with van der Waals surface area (Å²) in [6.07, 6.45) is 3.86. The Morgan fingerprint density at radius 1 is 1.00 bits per heavy atom. The van der Waals surface area contributed by atoms with E-state index in [-0.39, 0.29) is 23.8 Å². The molecule has 0 radical (unpaired) electrons. The number of fused-ring (bicyclic) bond motifs is 1. The molecule has 2 aliphatic heterocycles. The summed E-state index contributed by atoms with van der Waals surface area (Å²) >= 11 is 0. The Balaban J connectivity index is 1.59. The largest absolute Gasteiger partial charge is 0.337 e. The summed E-state index contributed by atoms with van der Waals surface area (Å²) in [5.41, 5.74) is 2.19. The molecular weight excluding hydrogens is 464 g/mol. The second-order valence-electron chi connectivity index (χ2n) is 10.4. The van der Waals surface area contributed by atoms with E-state index in [2.05, 4.69) is 31.3 Å². The number of carbonyl (C=O) groups is 3. The fourth-order valence-corrected chi connectivity index (χ4v) is 5.40. The van der Waals surface area contributed by atoms with Gasteiger partial charge in [0.15, 0.2) is 0 Å². The predicted molar refractivity (Wildman–Crippen MR) is 144 cm³/mol. The molecule has 7 heteroatoms. The first-order valence-electron chi connectivity index (χ1n) is 13.7. The van der Waals surface area contributed by atoms with Crippen LogP contribution in [0.2, 0.25) is 0 Å². The molecule has 2 heterocycles. The van der Waals surface area contributed by atoms with E-state index >= 15 is 0 Å². The molecule has 7 nitrogen and oxygen atoms in total. The van der Waals surface area contributed by atoms with Gasteiger partial charge in [0.2, 0.25) is 11.8 Å². The smallest absolute Gasteiger partial charge is 0.319 e. The highest BCUT2D eigenvalue weighted by Crippen LogP contribution is 2.29. The summed E-state index contributed by atoms with van der Waals surface area (Å²) < 4.78 is 0. The molecule has 0 saturated carbocycles. The van der Waals surface area contributed by atoms with E-state index in [0.717, 1.165) is 31.2 Å². The second kappa shape index (κ2) is 12.7. The van der Waals surface area contributed by atoms with Crippen molar-refractivity contribution >= 4 is 17.8 Å². The maximum atomic E-state index is 13.7.